The summed E-state index contributed by atoms with van der Waals surface area (Å²) in [4.78, 5) is 18.0. The zero-order valence-corrected chi connectivity index (χ0v) is 13.2. The molecule has 1 saturated heterocycles. The summed E-state index contributed by atoms with van der Waals surface area (Å²) in [5.74, 6) is 1.31. The first kappa shape index (κ1) is 14.7. The highest BCUT2D eigenvalue weighted by Crippen LogP contribution is 2.27. The lowest BCUT2D eigenvalue weighted by Gasteiger charge is -2.23. The average Bonchev–Trinajstić information content (AvgIpc) is 2.73. The third-order valence-electron chi connectivity index (χ3n) is 4.05. The minimum Gasteiger partial charge on any atom is -0.381 e. The second kappa shape index (κ2) is 6.27. The largest absolute Gasteiger partial charge is 0.381 e. The molecule has 0 bridgehead atoms. The molecule has 1 aliphatic heterocycles. The Morgan fingerprint density at radius 2 is 1.82 bits per heavy atom. The first-order valence-corrected chi connectivity index (χ1v) is 7.63. The lowest BCUT2D eigenvalue weighted by molar-refractivity contribution is 0.360. The lowest BCUT2D eigenvalue weighted by Crippen LogP contribution is -2.30. The summed E-state index contributed by atoms with van der Waals surface area (Å²) in [6, 6.07) is 3.90. The van der Waals surface area contributed by atoms with Crippen molar-refractivity contribution in [2.75, 3.05) is 43.9 Å². The van der Waals surface area contributed by atoms with Crippen molar-refractivity contribution >= 4 is 11.6 Å². The van der Waals surface area contributed by atoms with E-state index in [-0.39, 0.29) is 0 Å². The van der Waals surface area contributed by atoms with Gasteiger partial charge in [-0.1, -0.05) is 0 Å². The highest BCUT2D eigenvalue weighted by atomic mass is 15.3. The number of nitrogens with zero attached hydrogens (tertiary/aromatic N) is 5. The Hall–Kier alpha value is -2.21. The second-order valence-corrected chi connectivity index (χ2v) is 5.75. The fourth-order valence-corrected chi connectivity index (χ4v) is 2.80. The highest BCUT2D eigenvalue weighted by molar-refractivity contribution is 5.68. The van der Waals surface area contributed by atoms with E-state index in [4.69, 9.17) is 10.7 Å². The standard InChI is InChI=1S/C16H22N6/c1-12-14(13-4-6-18-7-5-13)20-16(15(17)19-12)22-9-3-8-21(2)10-11-22/h4-7H,3,8-11H2,1-2H3,(H2,17,19). The number of pyridine rings is 1. The number of nitrogen functional groups attached to an aromatic ring is 1. The fourth-order valence-electron chi connectivity index (χ4n) is 2.80. The van der Waals surface area contributed by atoms with Gasteiger partial charge in [-0.3, -0.25) is 4.98 Å². The molecule has 0 atom stereocenters. The van der Waals surface area contributed by atoms with Gasteiger partial charge < -0.3 is 15.5 Å². The molecule has 0 radical (unpaired) electrons. The van der Waals surface area contributed by atoms with Crippen molar-refractivity contribution in [3.05, 3.63) is 30.2 Å². The maximum Gasteiger partial charge on any atom is 0.172 e. The van der Waals surface area contributed by atoms with Gasteiger partial charge in [0, 0.05) is 37.6 Å². The molecule has 3 rings (SSSR count). The van der Waals surface area contributed by atoms with E-state index in [0.717, 1.165) is 55.4 Å². The SMILES string of the molecule is Cc1nc(N)c(N2CCCN(C)CC2)nc1-c1ccncc1. The van der Waals surface area contributed by atoms with Crippen molar-refractivity contribution in [3.63, 3.8) is 0 Å². The summed E-state index contributed by atoms with van der Waals surface area (Å²) in [5, 5.41) is 0. The zero-order chi connectivity index (χ0) is 15.5. The predicted octanol–water partition coefficient (Wildman–Crippen LogP) is 1.57. The van der Waals surface area contributed by atoms with Gasteiger partial charge in [-0.05, 0) is 39.1 Å². The number of aryl methyl sites for hydroxylation is 1. The molecule has 22 heavy (non-hydrogen) atoms. The van der Waals surface area contributed by atoms with E-state index in [1.807, 2.05) is 19.1 Å². The molecule has 0 aromatic carbocycles. The molecule has 0 spiro atoms. The first-order valence-electron chi connectivity index (χ1n) is 7.63. The van der Waals surface area contributed by atoms with Crippen LogP contribution in [-0.4, -0.2) is 53.1 Å². The third-order valence-corrected chi connectivity index (χ3v) is 4.05. The zero-order valence-electron chi connectivity index (χ0n) is 13.2. The van der Waals surface area contributed by atoms with Crippen LogP contribution in [0.25, 0.3) is 11.3 Å². The van der Waals surface area contributed by atoms with Gasteiger partial charge in [0.25, 0.3) is 0 Å². The van der Waals surface area contributed by atoms with Gasteiger partial charge in [-0.25, -0.2) is 9.97 Å². The summed E-state index contributed by atoms with van der Waals surface area (Å²) in [6.07, 6.45) is 4.65. The molecule has 116 valence electrons. The Balaban J connectivity index is 1.98. The Bertz CT molecular complexity index is 643. The Morgan fingerprint density at radius 1 is 1.05 bits per heavy atom. The minimum absolute atomic E-state index is 0.514. The molecule has 0 unspecified atom stereocenters. The molecule has 2 N–H and O–H groups in total. The number of likely N-dealkylation sites (N-methyl/N-ethyl adjacent to an activating group) is 1. The number of hydrogen-bond donors (Lipinski definition) is 1. The van der Waals surface area contributed by atoms with Crippen LogP contribution >= 0.6 is 0 Å². The summed E-state index contributed by atoms with van der Waals surface area (Å²) in [6.45, 7) is 5.95. The quantitative estimate of drug-likeness (QED) is 0.907. The first-order chi connectivity index (χ1) is 10.6. The number of hydrogen-bond acceptors (Lipinski definition) is 6. The number of anilines is 2. The maximum atomic E-state index is 6.14. The van der Waals surface area contributed by atoms with E-state index in [1.54, 1.807) is 12.4 Å². The van der Waals surface area contributed by atoms with Crippen molar-refractivity contribution in [3.8, 4) is 11.3 Å². The third kappa shape index (κ3) is 3.01. The normalized spacial score (nSPS) is 16.5. The average molecular weight is 298 g/mol. The minimum atomic E-state index is 0.514. The van der Waals surface area contributed by atoms with Gasteiger partial charge in [0.2, 0.25) is 0 Å². The monoisotopic (exact) mass is 298 g/mol. The lowest BCUT2D eigenvalue weighted by atomic mass is 10.1. The summed E-state index contributed by atoms with van der Waals surface area (Å²) >= 11 is 0. The van der Waals surface area contributed by atoms with Crippen molar-refractivity contribution in [1.82, 2.24) is 19.9 Å². The van der Waals surface area contributed by atoms with Gasteiger partial charge in [-0.15, -0.1) is 0 Å². The van der Waals surface area contributed by atoms with Gasteiger partial charge in [0.05, 0.1) is 11.4 Å². The van der Waals surface area contributed by atoms with E-state index in [9.17, 15) is 0 Å². The Morgan fingerprint density at radius 3 is 2.59 bits per heavy atom. The summed E-state index contributed by atoms with van der Waals surface area (Å²) in [5.41, 5.74) is 8.89. The molecule has 0 aliphatic carbocycles. The molecule has 6 heteroatoms. The van der Waals surface area contributed by atoms with Crippen LogP contribution in [0.15, 0.2) is 24.5 Å². The van der Waals surface area contributed by atoms with Crippen LogP contribution in [0, 0.1) is 6.92 Å². The van der Waals surface area contributed by atoms with Crippen molar-refractivity contribution in [1.29, 1.82) is 0 Å². The molecule has 3 heterocycles. The molecule has 1 aliphatic rings. The molecular weight excluding hydrogens is 276 g/mol. The van der Waals surface area contributed by atoms with Crippen molar-refractivity contribution in [2.24, 2.45) is 0 Å². The number of rotatable bonds is 2. The topological polar surface area (TPSA) is 71.2 Å². The second-order valence-electron chi connectivity index (χ2n) is 5.75. The molecule has 1 fully saturated rings. The van der Waals surface area contributed by atoms with Gasteiger partial charge >= 0.3 is 0 Å². The van der Waals surface area contributed by atoms with Crippen LogP contribution < -0.4 is 10.6 Å². The highest BCUT2D eigenvalue weighted by Gasteiger charge is 2.19. The molecule has 6 nitrogen and oxygen atoms in total. The molecule has 0 saturated carbocycles. The smallest absolute Gasteiger partial charge is 0.172 e. The Labute approximate surface area is 131 Å². The van der Waals surface area contributed by atoms with Crippen molar-refractivity contribution < 1.29 is 0 Å². The number of nitrogens with two attached hydrogens (primary N) is 1. The Kier molecular flexibility index (Phi) is 4.20. The molecule has 0 amide bonds. The molecular formula is C16H22N6. The molecule has 2 aromatic heterocycles. The van der Waals surface area contributed by atoms with E-state index >= 15 is 0 Å². The van der Waals surface area contributed by atoms with Crippen LogP contribution in [0.5, 0.6) is 0 Å². The van der Waals surface area contributed by atoms with E-state index in [2.05, 4.69) is 26.8 Å². The summed E-state index contributed by atoms with van der Waals surface area (Å²) in [7, 11) is 2.15. The fraction of sp³-hybridized carbons (Fsp3) is 0.438. The maximum absolute atomic E-state index is 6.14. The number of aromatic nitrogens is 3. The van der Waals surface area contributed by atoms with Crippen LogP contribution in [0.4, 0.5) is 11.6 Å². The van der Waals surface area contributed by atoms with Gasteiger partial charge in [-0.2, -0.15) is 0 Å². The van der Waals surface area contributed by atoms with Gasteiger partial charge in [0.1, 0.15) is 0 Å². The van der Waals surface area contributed by atoms with Crippen LogP contribution in [0.2, 0.25) is 0 Å². The van der Waals surface area contributed by atoms with E-state index < -0.39 is 0 Å². The molecule has 2 aromatic rings. The van der Waals surface area contributed by atoms with Gasteiger partial charge in [0.15, 0.2) is 11.6 Å². The summed E-state index contributed by atoms with van der Waals surface area (Å²) < 4.78 is 0. The predicted molar refractivity (Wildman–Crippen MR) is 88.7 cm³/mol. The van der Waals surface area contributed by atoms with Crippen LogP contribution in [-0.2, 0) is 0 Å². The van der Waals surface area contributed by atoms with E-state index in [0.29, 0.717) is 5.82 Å². The van der Waals surface area contributed by atoms with Crippen molar-refractivity contribution in [2.45, 2.75) is 13.3 Å². The van der Waals surface area contributed by atoms with Crippen LogP contribution in [0.3, 0.4) is 0 Å². The van der Waals surface area contributed by atoms with E-state index in [1.165, 1.54) is 0 Å². The van der Waals surface area contributed by atoms with Crippen LogP contribution in [0.1, 0.15) is 12.1 Å².